The van der Waals surface area contributed by atoms with Gasteiger partial charge in [-0.2, -0.15) is 0 Å². The molecule has 2 saturated heterocycles. The van der Waals surface area contributed by atoms with Gasteiger partial charge in [-0.1, -0.05) is 6.92 Å². The summed E-state index contributed by atoms with van der Waals surface area (Å²) >= 11 is 0. The van der Waals surface area contributed by atoms with Gasteiger partial charge in [-0.15, -0.1) is 0 Å². The quantitative estimate of drug-likeness (QED) is 0.461. The summed E-state index contributed by atoms with van der Waals surface area (Å²) in [7, 11) is 0. The van der Waals surface area contributed by atoms with Crippen molar-refractivity contribution >= 4 is 0 Å². The molecule has 0 amide bonds. The Kier molecular flexibility index (Phi) is 3.93. The van der Waals surface area contributed by atoms with E-state index in [0.29, 0.717) is 45.6 Å². The molecule has 0 aromatic heterocycles. The maximum Gasteiger partial charge on any atom is 0.282 e. The lowest BCUT2D eigenvalue weighted by Gasteiger charge is -2.25. The van der Waals surface area contributed by atoms with Crippen LogP contribution < -0.4 is 0 Å². The minimum atomic E-state index is -0.820. The maximum absolute atomic E-state index is 5.53. The van der Waals surface area contributed by atoms with Gasteiger partial charge in [0.2, 0.25) is 0 Å². The molecular formula is C10H18O5. The number of ether oxygens (including phenoxy) is 5. The molecule has 2 aliphatic rings. The van der Waals surface area contributed by atoms with Crippen molar-refractivity contribution in [3.8, 4) is 0 Å². The first-order valence-electron chi connectivity index (χ1n) is 5.46. The van der Waals surface area contributed by atoms with Gasteiger partial charge < -0.3 is 23.7 Å². The Bertz CT molecular complexity index is 186. The predicted molar refractivity (Wildman–Crippen MR) is 51.4 cm³/mol. The van der Waals surface area contributed by atoms with Crippen LogP contribution in [0.1, 0.15) is 13.3 Å². The van der Waals surface area contributed by atoms with E-state index in [1.807, 2.05) is 6.92 Å². The van der Waals surface area contributed by atoms with Crippen LogP contribution in [0.5, 0.6) is 0 Å². The molecule has 0 aromatic carbocycles. The molecule has 0 N–H and O–H groups in total. The standard InChI is InChI=1S/C10H18O5/c1-2-10(14-5-6-15-10)13-4-3-11-7-9-8-12-9/h9H,2-8H2,1H3. The molecule has 1 unspecified atom stereocenters. The van der Waals surface area contributed by atoms with Crippen LogP contribution in [-0.2, 0) is 23.7 Å². The summed E-state index contributed by atoms with van der Waals surface area (Å²) in [6.45, 7) is 5.70. The lowest BCUT2D eigenvalue weighted by Crippen LogP contribution is -2.34. The first-order valence-corrected chi connectivity index (χ1v) is 5.46. The number of epoxide rings is 1. The van der Waals surface area contributed by atoms with E-state index < -0.39 is 5.97 Å². The van der Waals surface area contributed by atoms with Crippen LogP contribution in [0.15, 0.2) is 0 Å². The second-order valence-electron chi connectivity index (χ2n) is 3.61. The van der Waals surface area contributed by atoms with Crippen molar-refractivity contribution in [1.82, 2.24) is 0 Å². The van der Waals surface area contributed by atoms with Crippen LogP contribution in [0.2, 0.25) is 0 Å². The molecule has 2 heterocycles. The Balaban J connectivity index is 1.54. The molecule has 0 radical (unpaired) electrons. The fraction of sp³-hybridized carbons (Fsp3) is 1.00. The monoisotopic (exact) mass is 218 g/mol. The third-order valence-electron chi connectivity index (χ3n) is 2.42. The maximum atomic E-state index is 5.53. The molecule has 0 aromatic rings. The first-order chi connectivity index (χ1) is 7.35. The molecule has 0 aliphatic carbocycles. The molecule has 2 rings (SSSR count). The fourth-order valence-electron chi connectivity index (χ4n) is 1.46. The molecule has 0 saturated carbocycles. The molecule has 0 bridgehead atoms. The zero-order valence-corrected chi connectivity index (χ0v) is 9.07. The normalized spacial score (nSPS) is 28.2. The van der Waals surface area contributed by atoms with E-state index in [0.717, 1.165) is 6.61 Å². The zero-order valence-electron chi connectivity index (χ0n) is 9.07. The summed E-state index contributed by atoms with van der Waals surface area (Å²) < 4.78 is 26.7. The third-order valence-corrected chi connectivity index (χ3v) is 2.42. The first kappa shape index (κ1) is 11.3. The highest BCUT2D eigenvalue weighted by Crippen LogP contribution is 2.24. The predicted octanol–water partition coefficient (Wildman–Crippen LogP) is 0.529. The highest BCUT2D eigenvalue weighted by Gasteiger charge is 2.35. The molecule has 1 atom stereocenters. The Morgan fingerprint density at radius 2 is 2.00 bits per heavy atom. The zero-order chi connectivity index (χ0) is 10.6. The third kappa shape index (κ3) is 3.39. The van der Waals surface area contributed by atoms with E-state index in [-0.39, 0.29) is 0 Å². The number of hydrogen-bond donors (Lipinski definition) is 0. The van der Waals surface area contributed by atoms with Gasteiger partial charge >= 0.3 is 0 Å². The summed E-state index contributed by atoms with van der Waals surface area (Å²) in [4.78, 5) is 0. The van der Waals surface area contributed by atoms with E-state index in [1.165, 1.54) is 0 Å². The van der Waals surface area contributed by atoms with Crippen molar-refractivity contribution in [1.29, 1.82) is 0 Å². The summed E-state index contributed by atoms with van der Waals surface area (Å²) in [5, 5.41) is 0. The molecule has 5 heteroatoms. The van der Waals surface area contributed by atoms with Crippen LogP contribution in [0.25, 0.3) is 0 Å². The lowest BCUT2D eigenvalue weighted by atomic mass is 10.4. The van der Waals surface area contributed by atoms with Crippen molar-refractivity contribution in [2.45, 2.75) is 25.4 Å². The largest absolute Gasteiger partial charge is 0.376 e. The number of rotatable bonds is 7. The molecule has 2 fully saturated rings. The molecule has 88 valence electrons. The van der Waals surface area contributed by atoms with Crippen LogP contribution in [-0.4, -0.2) is 51.7 Å². The van der Waals surface area contributed by atoms with Crippen molar-refractivity contribution in [3.63, 3.8) is 0 Å². The Morgan fingerprint density at radius 1 is 1.27 bits per heavy atom. The highest BCUT2D eigenvalue weighted by atomic mass is 16.9. The van der Waals surface area contributed by atoms with Gasteiger partial charge in [0.15, 0.2) is 0 Å². The summed E-state index contributed by atoms with van der Waals surface area (Å²) in [6.07, 6.45) is 1.00. The van der Waals surface area contributed by atoms with Crippen LogP contribution >= 0.6 is 0 Å². The summed E-state index contributed by atoms with van der Waals surface area (Å²) in [5.74, 6) is -0.820. The second kappa shape index (κ2) is 5.23. The Labute approximate surface area is 89.6 Å². The fourth-order valence-corrected chi connectivity index (χ4v) is 1.46. The topological polar surface area (TPSA) is 49.5 Å². The van der Waals surface area contributed by atoms with Crippen LogP contribution in [0, 0.1) is 0 Å². The SMILES string of the molecule is CCC1(OCCOCC2CO2)OCCO1. The van der Waals surface area contributed by atoms with Crippen molar-refractivity contribution in [2.75, 3.05) is 39.6 Å². The average molecular weight is 218 g/mol. The minimum absolute atomic E-state index is 0.309. The van der Waals surface area contributed by atoms with E-state index >= 15 is 0 Å². The average Bonchev–Trinajstić information content (AvgIpc) is 2.96. The van der Waals surface area contributed by atoms with E-state index in [9.17, 15) is 0 Å². The summed E-state index contributed by atoms with van der Waals surface area (Å²) in [6, 6.07) is 0. The van der Waals surface area contributed by atoms with E-state index in [4.69, 9.17) is 23.7 Å². The van der Waals surface area contributed by atoms with E-state index in [2.05, 4.69) is 0 Å². The van der Waals surface area contributed by atoms with Crippen LogP contribution in [0.3, 0.4) is 0 Å². The van der Waals surface area contributed by atoms with Crippen molar-refractivity contribution < 1.29 is 23.7 Å². The van der Waals surface area contributed by atoms with Gasteiger partial charge in [0, 0.05) is 6.42 Å². The minimum Gasteiger partial charge on any atom is -0.376 e. The van der Waals surface area contributed by atoms with E-state index in [1.54, 1.807) is 0 Å². The number of hydrogen-bond acceptors (Lipinski definition) is 5. The van der Waals surface area contributed by atoms with Crippen molar-refractivity contribution in [2.24, 2.45) is 0 Å². The van der Waals surface area contributed by atoms with Gasteiger partial charge in [-0.05, 0) is 0 Å². The Morgan fingerprint density at radius 3 is 2.60 bits per heavy atom. The lowest BCUT2D eigenvalue weighted by molar-refractivity contribution is -0.334. The molecule has 5 nitrogen and oxygen atoms in total. The molecule has 15 heavy (non-hydrogen) atoms. The van der Waals surface area contributed by atoms with Gasteiger partial charge in [0.05, 0.1) is 39.6 Å². The van der Waals surface area contributed by atoms with Gasteiger partial charge in [-0.3, -0.25) is 0 Å². The molecule has 2 aliphatic heterocycles. The smallest absolute Gasteiger partial charge is 0.282 e. The van der Waals surface area contributed by atoms with Gasteiger partial charge in [-0.25, -0.2) is 0 Å². The summed E-state index contributed by atoms with van der Waals surface area (Å²) in [5.41, 5.74) is 0. The molecule has 0 spiro atoms. The van der Waals surface area contributed by atoms with Gasteiger partial charge in [0.25, 0.3) is 5.97 Å². The second-order valence-corrected chi connectivity index (χ2v) is 3.61. The molecular weight excluding hydrogens is 200 g/mol. The van der Waals surface area contributed by atoms with Crippen molar-refractivity contribution in [3.05, 3.63) is 0 Å². The van der Waals surface area contributed by atoms with Gasteiger partial charge in [0.1, 0.15) is 6.10 Å². The van der Waals surface area contributed by atoms with Crippen LogP contribution in [0.4, 0.5) is 0 Å². The Hall–Kier alpha value is -0.200. The highest BCUT2D eigenvalue weighted by molar-refractivity contribution is 4.67.